The van der Waals surface area contributed by atoms with Crippen LogP contribution in [0, 0.1) is 0 Å². The van der Waals surface area contributed by atoms with Crippen LogP contribution in [0.15, 0.2) is 12.1 Å². The molecular weight excluding hydrogens is 365 g/mol. The van der Waals surface area contributed by atoms with Crippen LogP contribution in [0.25, 0.3) is 0 Å². The normalized spacial score (nSPS) is 25.1. The van der Waals surface area contributed by atoms with Gasteiger partial charge in [0.1, 0.15) is 5.75 Å². The Morgan fingerprint density at radius 2 is 1.04 bits per heavy atom. The molecule has 0 aliphatic carbocycles. The number of halogens is 1. The van der Waals surface area contributed by atoms with Crippen molar-refractivity contribution in [3.8, 4) is 5.75 Å². The van der Waals surface area contributed by atoms with E-state index in [0.717, 1.165) is 10.9 Å². The zero-order chi connectivity index (χ0) is 20.4. The molecule has 5 nitrogen and oxygen atoms in total. The van der Waals surface area contributed by atoms with E-state index in [-0.39, 0.29) is 0 Å². The van der Waals surface area contributed by atoms with Gasteiger partial charge in [0.25, 0.3) is 0 Å². The van der Waals surface area contributed by atoms with Crippen LogP contribution in [0.2, 0.25) is 5.02 Å². The molecule has 148 valence electrons. The van der Waals surface area contributed by atoms with Crippen LogP contribution in [0.5, 0.6) is 5.75 Å². The van der Waals surface area contributed by atoms with Crippen LogP contribution in [0.3, 0.4) is 0 Å². The van der Waals surface area contributed by atoms with Gasteiger partial charge in [-0.2, -0.15) is 0 Å². The summed E-state index contributed by atoms with van der Waals surface area (Å²) in [6, 6.07) is 3.67. The predicted octanol–water partition coefficient (Wildman–Crippen LogP) is 2.95. The summed E-state index contributed by atoms with van der Waals surface area (Å²) < 4.78 is 30.4. The number of benzene rings is 1. The Kier molecular flexibility index (Phi) is 4.97. The fraction of sp³-hybridized carbons (Fsp3) is 0.684. The monoisotopic (exact) mass is 394 g/mol. The third-order valence-corrected chi connectivity index (χ3v) is 6.67. The van der Waals surface area contributed by atoms with Crippen molar-refractivity contribution in [3.63, 3.8) is 0 Å². The molecule has 0 spiro atoms. The summed E-state index contributed by atoms with van der Waals surface area (Å²) in [5, 5.41) is 0.488. The van der Waals surface area contributed by atoms with Crippen molar-refractivity contribution in [2.75, 3.05) is 7.11 Å². The molecular formula is C19H29B2ClO5. The molecule has 2 saturated heterocycles. The largest absolute Gasteiger partial charge is 0.495 e. The second-order valence-electron chi connectivity index (χ2n) is 9.29. The average molecular weight is 395 g/mol. The van der Waals surface area contributed by atoms with Crippen LogP contribution >= 0.6 is 11.6 Å². The lowest BCUT2D eigenvalue weighted by molar-refractivity contribution is 0.00578. The molecule has 0 N–H and O–H groups in total. The van der Waals surface area contributed by atoms with E-state index in [1.165, 1.54) is 0 Å². The summed E-state index contributed by atoms with van der Waals surface area (Å²) >= 11 is 6.42. The summed E-state index contributed by atoms with van der Waals surface area (Å²) in [5.74, 6) is 0.557. The summed E-state index contributed by atoms with van der Waals surface area (Å²) in [4.78, 5) is 0. The number of hydrogen-bond donors (Lipinski definition) is 0. The molecule has 2 heterocycles. The Balaban J connectivity index is 2.07. The van der Waals surface area contributed by atoms with Crippen molar-refractivity contribution in [2.24, 2.45) is 0 Å². The van der Waals surface area contributed by atoms with Gasteiger partial charge in [0, 0.05) is 0 Å². The summed E-state index contributed by atoms with van der Waals surface area (Å²) in [5.41, 5.74) is -0.254. The minimum absolute atomic E-state index is 0.461. The first kappa shape index (κ1) is 21.0. The van der Waals surface area contributed by atoms with E-state index in [2.05, 4.69) is 0 Å². The first-order valence-corrected chi connectivity index (χ1v) is 9.67. The highest BCUT2D eigenvalue weighted by Crippen LogP contribution is 2.39. The van der Waals surface area contributed by atoms with Gasteiger partial charge in [0.15, 0.2) is 0 Å². The van der Waals surface area contributed by atoms with Crippen LogP contribution in [0.1, 0.15) is 55.4 Å². The fourth-order valence-corrected chi connectivity index (χ4v) is 3.34. The van der Waals surface area contributed by atoms with E-state index < -0.39 is 36.6 Å². The quantitative estimate of drug-likeness (QED) is 0.738. The van der Waals surface area contributed by atoms with Gasteiger partial charge >= 0.3 is 14.2 Å². The number of hydrogen-bond acceptors (Lipinski definition) is 5. The molecule has 0 aromatic heterocycles. The van der Waals surface area contributed by atoms with Gasteiger partial charge in [-0.05, 0) is 78.4 Å². The molecule has 27 heavy (non-hydrogen) atoms. The minimum Gasteiger partial charge on any atom is -0.495 e. The predicted molar refractivity (Wildman–Crippen MR) is 109 cm³/mol. The van der Waals surface area contributed by atoms with Crippen LogP contribution in [-0.4, -0.2) is 43.8 Å². The molecule has 0 saturated carbocycles. The topological polar surface area (TPSA) is 46.2 Å². The smallest absolute Gasteiger partial charge is 0.494 e. The van der Waals surface area contributed by atoms with Crippen molar-refractivity contribution >= 4 is 36.8 Å². The van der Waals surface area contributed by atoms with Crippen molar-refractivity contribution in [2.45, 2.75) is 77.8 Å². The first-order chi connectivity index (χ1) is 12.2. The van der Waals surface area contributed by atoms with Gasteiger partial charge in [-0.3, -0.25) is 0 Å². The Morgan fingerprint density at radius 3 is 1.37 bits per heavy atom. The summed E-state index contributed by atoms with van der Waals surface area (Å²) in [7, 11) is 0.437. The SMILES string of the molecule is COc1cc(B2OC(C)(C)C(C)(C)O2)c(B2OC(C)(C)C(C)(C)O2)cc1Cl. The molecule has 1 aromatic rings. The Labute approximate surface area is 168 Å². The number of methoxy groups -OCH3 is 1. The third kappa shape index (κ3) is 3.42. The lowest BCUT2D eigenvalue weighted by Crippen LogP contribution is -2.51. The molecule has 0 radical (unpaired) electrons. The second-order valence-corrected chi connectivity index (χ2v) is 9.70. The molecule has 8 heteroatoms. The van der Waals surface area contributed by atoms with E-state index in [4.69, 9.17) is 35.0 Å². The highest BCUT2D eigenvalue weighted by molar-refractivity contribution is 6.74. The summed E-state index contributed by atoms with van der Waals surface area (Å²) in [6.07, 6.45) is 0. The standard InChI is InChI=1S/C19H29B2ClO5/c1-16(2)17(3,4)25-20(24-16)12-10-14(22)15(23-9)11-13(12)21-26-18(5,6)19(7,8)27-21/h10-11H,1-9H3. The lowest BCUT2D eigenvalue weighted by atomic mass is 9.64. The van der Waals surface area contributed by atoms with Gasteiger partial charge in [0.2, 0.25) is 0 Å². The van der Waals surface area contributed by atoms with Gasteiger partial charge < -0.3 is 23.4 Å². The maximum absolute atomic E-state index is 6.42. The third-order valence-electron chi connectivity index (χ3n) is 6.37. The van der Waals surface area contributed by atoms with Crippen molar-refractivity contribution in [1.29, 1.82) is 0 Å². The van der Waals surface area contributed by atoms with Gasteiger partial charge in [-0.1, -0.05) is 11.6 Å². The Bertz CT molecular complexity index is 716. The van der Waals surface area contributed by atoms with Crippen LogP contribution < -0.4 is 15.7 Å². The van der Waals surface area contributed by atoms with Crippen molar-refractivity contribution < 1.29 is 23.4 Å². The Hall–Kier alpha value is -0.720. The van der Waals surface area contributed by atoms with Crippen molar-refractivity contribution in [3.05, 3.63) is 17.2 Å². The maximum Gasteiger partial charge on any atom is 0.494 e. The first-order valence-electron chi connectivity index (χ1n) is 9.29. The molecule has 0 atom stereocenters. The molecule has 0 amide bonds. The van der Waals surface area contributed by atoms with Gasteiger partial charge in [-0.25, -0.2) is 0 Å². The number of ether oxygens (including phenoxy) is 1. The van der Waals surface area contributed by atoms with Gasteiger partial charge in [0.05, 0.1) is 34.5 Å². The molecule has 0 unspecified atom stereocenters. The Morgan fingerprint density at radius 1 is 0.704 bits per heavy atom. The van der Waals surface area contributed by atoms with E-state index in [0.29, 0.717) is 10.8 Å². The zero-order valence-electron chi connectivity index (χ0n) is 17.7. The molecule has 3 rings (SSSR count). The van der Waals surface area contributed by atoms with Crippen LogP contribution in [-0.2, 0) is 18.6 Å². The van der Waals surface area contributed by atoms with Gasteiger partial charge in [-0.15, -0.1) is 0 Å². The fourth-order valence-electron chi connectivity index (χ4n) is 3.09. The summed E-state index contributed by atoms with van der Waals surface area (Å²) in [6.45, 7) is 16.2. The molecule has 2 aliphatic heterocycles. The molecule has 1 aromatic carbocycles. The van der Waals surface area contributed by atoms with E-state index >= 15 is 0 Å². The highest BCUT2D eigenvalue weighted by Gasteiger charge is 2.56. The molecule has 2 aliphatic rings. The molecule has 0 bridgehead atoms. The maximum atomic E-state index is 6.42. The van der Waals surface area contributed by atoms with Crippen LogP contribution in [0.4, 0.5) is 0 Å². The lowest BCUT2D eigenvalue weighted by Gasteiger charge is -2.32. The minimum atomic E-state index is -0.576. The zero-order valence-corrected chi connectivity index (χ0v) is 18.5. The van der Waals surface area contributed by atoms with E-state index in [1.54, 1.807) is 7.11 Å². The molecule has 2 fully saturated rings. The average Bonchev–Trinajstić information content (AvgIpc) is 2.86. The van der Waals surface area contributed by atoms with Crippen molar-refractivity contribution in [1.82, 2.24) is 0 Å². The number of rotatable bonds is 3. The van der Waals surface area contributed by atoms with E-state index in [1.807, 2.05) is 67.5 Å². The second kappa shape index (κ2) is 6.39. The highest BCUT2D eigenvalue weighted by atomic mass is 35.5. The van der Waals surface area contributed by atoms with E-state index in [9.17, 15) is 0 Å².